The Bertz CT molecular complexity index is 1940. The molecule has 11 nitrogen and oxygen atoms in total. The molecule has 2 saturated carbocycles. The molecule has 2 aromatic carbocycles. The first-order valence-electron chi connectivity index (χ1n) is 18.4. The first-order valence-corrected chi connectivity index (χ1v) is 19.9. The van der Waals surface area contributed by atoms with Gasteiger partial charge in [0.05, 0.1) is 33.8 Å². The van der Waals surface area contributed by atoms with Gasteiger partial charge in [-0.3, -0.25) is 23.7 Å². The lowest BCUT2D eigenvalue weighted by Gasteiger charge is -2.30. The van der Waals surface area contributed by atoms with Crippen LogP contribution >= 0.6 is 0 Å². The number of carbonyl (C=O) groups is 3. The fourth-order valence-electron chi connectivity index (χ4n) is 7.78. The van der Waals surface area contributed by atoms with Crippen LogP contribution in [0.15, 0.2) is 66.7 Å². The number of nitrogens with one attached hydrogen (secondary N) is 2. The van der Waals surface area contributed by atoms with Crippen molar-refractivity contribution in [2.24, 2.45) is 11.3 Å². The molecule has 12 heteroatoms. The van der Waals surface area contributed by atoms with Crippen molar-refractivity contribution in [1.82, 2.24) is 19.2 Å². The molecule has 0 unspecified atom stereocenters. The molecule has 2 aliphatic carbocycles. The summed E-state index contributed by atoms with van der Waals surface area (Å²) < 4.78 is 36.3. The fraction of sp³-hybridized carbons (Fsp3) is 0.538. The number of Topliss-reactive ketones (excluding diaryl/α,β-unsaturated/α-hetero) is 1. The normalized spacial score (nSPS) is 28.7. The van der Waals surface area contributed by atoms with Crippen LogP contribution in [0, 0.1) is 11.3 Å². The largest absolute Gasteiger partial charge is 0.459 e. The number of rotatable bonds is 8. The topological polar surface area (TPSA) is 140 Å². The van der Waals surface area contributed by atoms with Crippen LogP contribution in [0.2, 0.25) is 0 Å². The third-order valence-electron chi connectivity index (χ3n) is 11.3. The summed E-state index contributed by atoms with van der Waals surface area (Å²) in [6, 6.07) is 16.5. The lowest BCUT2D eigenvalue weighted by Crippen LogP contribution is -2.49. The summed E-state index contributed by atoms with van der Waals surface area (Å²) >= 11 is 0. The Morgan fingerprint density at radius 2 is 1.76 bits per heavy atom. The van der Waals surface area contributed by atoms with Crippen molar-refractivity contribution in [2.75, 3.05) is 11.9 Å². The third-order valence-corrected chi connectivity index (χ3v) is 13.5. The van der Waals surface area contributed by atoms with Gasteiger partial charge in [-0.25, -0.2) is 8.42 Å². The molecule has 2 aliphatic heterocycles. The lowest BCUT2D eigenvalue weighted by atomic mass is 9.91. The van der Waals surface area contributed by atoms with E-state index < -0.39 is 44.3 Å². The molecule has 1 saturated heterocycles. The quantitative estimate of drug-likeness (QED) is 0.274. The molecule has 1 aromatic heterocycles. The summed E-state index contributed by atoms with van der Waals surface area (Å²) in [5.74, 6) is -1.34. The fourth-order valence-corrected chi connectivity index (χ4v) is 9.11. The number of para-hydroxylation sites is 3. The maximum Gasteiger partial charge on any atom is 0.297 e. The van der Waals surface area contributed by atoms with Crippen molar-refractivity contribution in [3.63, 3.8) is 0 Å². The zero-order valence-corrected chi connectivity index (χ0v) is 30.5. The first kappa shape index (κ1) is 35.2. The molecule has 4 aliphatic rings. The number of aromatic nitrogens is 2. The van der Waals surface area contributed by atoms with E-state index in [0.29, 0.717) is 31.7 Å². The molecule has 0 spiro atoms. The molecule has 51 heavy (non-hydrogen) atoms. The van der Waals surface area contributed by atoms with Crippen LogP contribution in [-0.4, -0.2) is 69.9 Å². The van der Waals surface area contributed by atoms with Crippen LogP contribution in [0.1, 0.15) is 91.0 Å². The summed E-state index contributed by atoms with van der Waals surface area (Å²) in [6.07, 6.45) is 9.00. The van der Waals surface area contributed by atoms with E-state index in [1.807, 2.05) is 65.2 Å². The van der Waals surface area contributed by atoms with E-state index in [1.165, 1.54) is 0 Å². The second-order valence-corrected chi connectivity index (χ2v) is 17.6. The average molecular weight is 716 g/mol. The monoisotopic (exact) mass is 715 g/mol. The van der Waals surface area contributed by atoms with Crippen LogP contribution in [0.3, 0.4) is 0 Å². The van der Waals surface area contributed by atoms with Gasteiger partial charge in [0.1, 0.15) is 12.1 Å². The predicted octanol–water partition coefficient (Wildman–Crippen LogP) is 5.93. The van der Waals surface area contributed by atoms with Crippen LogP contribution in [-0.2, 0) is 24.4 Å². The minimum atomic E-state index is -3.90. The number of allylic oxidation sites excluding steroid dienone is 2. The zero-order chi connectivity index (χ0) is 36.0. The minimum Gasteiger partial charge on any atom is -0.459 e. The Balaban J connectivity index is 1.21. The molecule has 3 fully saturated rings. The summed E-state index contributed by atoms with van der Waals surface area (Å²) in [5.41, 5.74) is 1.36. The number of hydrogen-bond acceptors (Lipinski definition) is 8. The second-order valence-electron chi connectivity index (χ2n) is 15.5. The first-order chi connectivity index (χ1) is 24.4. The molecule has 0 bridgehead atoms. The Labute approximate surface area is 300 Å². The highest BCUT2D eigenvalue weighted by Crippen LogP contribution is 2.57. The number of amides is 2. The highest BCUT2D eigenvalue weighted by molar-refractivity contribution is 7.91. The molecule has 3 aromatic rings. The molecule has 272 valence electrons. The Hall–Kier alpha value is -4.19. The SMILES string of the molecule is CC(C)n1c(O[C@@H]2C[C@H]3C(=O)C[C@]4(C(=O)NS(=O)(=O)C5(C)CC5)C[C@H]4/C=C\CCCCC[C@H](Nc4ccccc4)C(=O)N3C2)nc2ccccc21. The number of hydrogen-bond donors (Lipinski definition) is 2. The van der Waals surface area contributed by atoms with Crippen molar-refractivity contribution in [2.45, 2.75) is 114 Å². The second kappa shape index (κ2) is 13.7. The van der Waals surface area contributed by atoms with E-state index in [2.05, 4.69) is 30.0 Å². The smallest absolute Gasteiger partial charge is 0.297 e. The molecular formula is C39H49N5O6S. The number of sulfonamides is 1. The van der Waals surface area contributed by atoms with Gasteiger partial charge in [0.2, 0.25) is 21.8 Å². The van der Waals surface area contributed by atoms with E-state index in [0.717, 1.165) is 42.4 Å². The molecule has 2 amide bonds. The van der Waals surface area contributed by atoms with E-state index in [1.54, 1.807) is 11.8 Å². The van der Waals surface area contributed by atoms with Crippen LogP contribution in [0.5, 0.6) is 6.01 Å². The minimum absolute atomic E-state index is 0.0504. The van der Waals surface area contributed by atoms with Crippen molar-refractivity contribution in [1.29, 1.82) is 0 Å². The van der Waals surface area contributed by atoms with Crippen LogP contribution in [0.4, 0.5) is 5.69 Å². The van der Waals surface area contributed by atoms with Gasteiger partial charge in [-0.05, 0) is 89.5 Å². The number of imidazole rings is 1. The number of fused-ring (bicyclic) bond motifs is 3. The summed E-state index contributed by atoms with van der Waals surface area (Å²) in [5, 5.41) is 3.44. The maximum absolute atomic E-state index is 14.6. The summed E-state index contributed by atoms with van der Waals surface area (Å²) in [4.78, 5) is 49.4. The van der Waals surface area contributed by atoms with Crippen molar-refractivity contribution < 1.29 is 27.5 Å². The van der Waals surface area contributed by atoms with Gasteiger partial charge in [-0.2, -0.15) is 4.98 Å². The summed E-state index contributed by atoms with van der Waals surface area (Å²) in [6.45, 7) is 5.93. The summed E-state index contributed by atoms with van der Waals surface area (Å²) in [7, 11) is -3.90. The third kappa shape index (κ3) is 7.03. The van der Waals surface area contributed by atoms with Crippen molar-refractivity contribution in [3.8, 4) is 6.01 Å². The average Bonchev–Trinajstić information content (AvgIpc) is 3.92. The van der Waals surface area contributed by atoms with Gasteiger partial charge < -0.3 is 15.0 Å². The number of ketones is 1. The standard InChI is InChI=1S/C39H49N5O6S/c1-26(2)44-32-19-13-12-17-30(32)41-37(44)50-29-22-33-34(45)24-39(36(47)42-51(48,49)38(3)20-21-38)23-27(39)14-8-5-4-6-11-18-31(35(46)43(33)25-29)40-28-15-9-7-10-16-28/h7-10,12-17,19,26-27,29,31,33,40H,4-6,11,18,20-25H2,1-3H3,(H,42,47)/b14-8-/t27-,29-,31+,33+,39-/m1/s1. The molecule has 5 atom stereocenters. The van der Waals surface area contributed by atoms with Crippen LogP contribution < -0.4 is 14.8 Å². The molecule has 7 rings (SSSR count). The number of ether oxygens (including phenoxy) is 1. The van der Waals surface area contributed by atoms with Gasteiger partial charge in [0.25, 0.3) is 6.01 Å². The Morgan fingerprint density at radius 3 is 2.51 bits per heavy atom. The van der Waals surface area contributed by atoms with E-state index in [4.69, 9.17) is 9.72 Å². The van der Waals surface area contributed by atoms with E-state index in [-0.39, 0.29) is 43.0 Å². The number of carbonyl (C=O) groups excluding carboxylic acids is 3. The van der Waals surface area contributed by atoms with E-state index >= 15 is 0 Å². The molecule has 0 radical (unpaired) electrons. The maximum atomic E-state index is 14.6. The highest BCUT2D eigenvalue weighted by atomic mass is 32.2. The number of nitrogens with zero attached hydrogens (tertiary/aromatic N) is 3. The van der Waals surface area contributed by atoms with Gasteiger partial charge in [-0.1, -0.05) is 55.3 Å². The van der Waals surface area contributed by atoms with E-state index in [9.17, 15) is 22.8 Å². The van der Waals surface area contributed by atoms with Gasteiger partial charge in [-0.15, -0.1) is 0 Å². The number of benzene rings is 2. The predicted molar refractivity (Wildman–Crippen MR) is 196 cm³/mol. The van der Waals surface area contributed by atoms with Gasteiger partial charge in [0.15, 0.2) is 5.78 Å². The number of anilines is 1. The Morgan fingerprint density at radius 1 is 1.02 bits per heavy atom. The highest BCUT2D eigenvalue weighted by Gasteiger charge is 2.62. The lowest BCUT2D eigenvalue weighted by molar-refractivity contribution is -0.139. The van der Waals surface area contributed by atoms with Gasteiger partial charge >= 0.3 is 0 Å². The molecule has 3 heterocycles. The molecular weight excluding hydrogens is 667 g/mol. The van der Waals surface area contributed by atoms with Crippen molar-refractivity contribution in [3.05, 3.63) is 66.7 Å². The van der Waals surface area contributed by atoms with Gasteiger partial charge in [0, 0.05) is 24.6 Å². The zero-order valence-electron chi connectivity index (χ0n) is 29.7. The molecule has 2 N–H and O–H groups in total. The van der Waals surface area contributed by atoms with Crippen molar-refractivity contribution >= 4 is 44.3 Å². The van der Waals surface area contributed by atoms with Crippen LogP contribution in [0.25, 0.3) is 11.0 Å². The Kier molecular flexibility index (Phi) is 9.49.